The molecule has 0 amide bonds. The summed E-state index contributed by atoms with van der Waals surface area (Å²) in [6.45, 7) is 2.77. The van der Waals surface area contributed by atoms with Gasteiger partial charge in [0.25, 0.3) is 0 Å². The van der Waals surface area contributed by atoms with Gasteiger partial charge in [0.1, 0.15) is 5.82 Å². The molecule has 176 valence electrons. The summed E-state index contributed by atoms with van der Waals surface area (Å²) in [5.41, 5.74) is 2.38. The Bertz CT molecular complexity index is 1060. The Balaban J connectivity index is 1.45. The van der Waals surface area contributed by atoms with E-state index in [1.54, 1.807) is 33.1 Å². The molecule has 1 fully saturated rings. The Kier molecular flexibility index (Phi) is 7.77. The number of likely N-dealkylation sites (tertiary alicyclic amines) is 1. The van der Waals surface area contributed by atoms with Crippen LogP contribution < -0.4 is 14.2 Å². The van der Waals surface area contributed by atoms with Crippen LogP contribution >= 0.6 is 11.8 Å². The summed E-state index contributed by atoms with van der Waals surface area (Å²) in [5, 5.41) is 10.0. The summed E-state index contributed by atoms with van der Waals surface area (Å²) < 4.78 is 18.8. The molecule has 1 saturated heterocycles. The van der Waals surface area contributed by atoms with Crippen molar-refractivity contribution in [2.24, 2.45) is 7.05 Å². The van der Waals surface area contributed by atoms with Crippen LogP contribution in [0.1, 0.15) is 35.7 Å². The Morgan fingerprint density at radius 2 is 1.76 bits per heavy atom. The highest BCUT2D eigenvalue weighted by molar-refractivity contribution is 7.98. The van der Waals surface area contributed by atoms with Crippen molar-refractivity contribution in [2.45, 2.75) is 36.2 Å². The van der Waals surface area contributed by atoms with Crippen LogP contribution in [0.25, 0.3) is 0 Å². The summed E-state index contributed by atoms with van der Waals surface area (Å²) in [7, 11) is 7.04. The zero-order valence-corrected chi connectivity index (χ0v) is 20.6. The molecule has 1 aliphatic heterocycles. The first-order valence-electron chi connectivity index (χ1n) is 11.2. The van der Waals surface area contributed by atoms with Gasteiger partial charge in [-0.3, -0.25) is 4.90 Å². The first-order chi connectivity index (χ1) is 16.1. The number of thioether (sulfide) groups is 1. The Hall–Kier alpha value is -2.71. The van der Waals surface area contributed by atoms with Crippen LogP contribution in [0.3, 0.4) is 0 Å². The second-order valence-electron chi connectivity index (χ2n) is 8.24. The minimum Gasteiger partial charge on any atom is -0.493 e. The highest BCUT2D eigenvalue weighted by Gasteiger charge is 2.27. The minimum absolute atomic E-state index is 0.355. The predicted octanol–water partition coefficient (Wildman–Crippen LogP) is 4.51. The zero-order valence-electron chi connectivity index (χ0n) is 19.8. The van der Waals surface area contributed by atoms with E-state index in [0.29, 0.717) is 17.4 Å². The van der Waals surface area contributed by atoms with Crippen molar-refractivity contribution in [1.82, 2.24) is 19.7 Å². The fourth-order valence-corrected chi connectivity index (χ4v) is 5.34. The summed E-state index contributed by atoms with van der Waals surface area (Å²) in [5.74, 6) is 4.36. The Labute approximate surface area is 200 Å². The molecule has 0 radical (unpaired) electrons. The third-order valence-corrected chi connectivity index (χ3v) is 7.22. The van der Waals surface area contributed by atoms with Crippen molar-refractivity contribution in [3.63, 3.8) is 0 Å². The molecule has 0 N–H and O–H groups in total. The van der Waals surface area contributed by atoms with Gasteiger partial charge in [0.05, 0.1) is 21.3 Å². The first kappa shape index (κ1) is 23.4. The van der Waals surface area contributed by atoms with Crippen LogP contribution in [0.5, 0.6) is 17.2 Å². The lowest BCUT2D eigenvalue weighted by Gasteiger charge is -2.32. The highest BCUT2D eigenvalue weighted by atomic mass is 32.2. The van der Waals surface area contributed by atoms with Gasteiger partial charge in [-0.15, -0.1) is 10.2 Å². The number of benzene rings is 2. The fraction of sp³-hybridized carbons (Fsp3) is 0.440. The number of rotatable bonds is 9. The maximum Gasteiger partial charge on any atom is 0.203 e. The van der Waals surface area contributed by atoms with Crippen LogP contribution in [0.2, 0.25) is 0 Å². The number of nitrogens with zero attached hydrogens (tertiary/aromatic N) is 4. The summed E-state index contributed by atoms with van der Waals surface area (Å²) in [6.07, 6.45) is 2.24. The molecule has 1 unspecified atom stereocenters. The molecule has 1 aliphatic rings. The molecule has 33 heavy (non-hydrogen) atoms. The molecule has 0 bridgehead atoms. The number of hydrogen-bond acceptors (Lipinski definition) is 7. The monoisotopic (exact) mass is 468 g/mol. The lowest BCUT2D eigenvalue weighted by Crippen LogP contribution is -2.35. The van der Waals surface area contributed by atoms with E-state index < -0.39 is 0 Å². The van der Waals surface area contributed by atoms with Gasteiger partial charge in [-0.05, 0) is 31.0 Å². The van der Waals surface area contributed by atoms with E-state index in [0.717, 1.165) is 60.5 Å². The molecule has 0 saturated carbocycles. The van der Waals surface area contributed by atoms with Crippen molar-refractivity contribution >= 4 is 11.8 Å². The average Bonchev–Trinajstić information content (AvgIpc) is 3.23. The summed E-state index contributed by atoms with van der Waals surface area (Å²) in [6, 6.07) is 14.5. The molecule has 7 nitrogen and oxygen atoms in total. The number of piperidine rings is 1. The molecular weight excluding hydrogens is 436 g/mol. The van der Waals surface area contributed by atoms with Gasteiger partial charge in [-0.2, -0.15) is 0 Å². The number of aromatic nitrogens is 3. The Morgan fingerprint density at radius 1 is 0.970 bits per heavy atom. The Morgan fingerprint density at radius 3 is 2.48 bits per heavy atom. The van der Waals surface area contributed by atoms with E-state index in [2.05, 4.69) is 57.0 Å². The third-order valence-electron chi connectivity index (χ3n) is 6.13. The standard InChI is InChI=1S/C25H32N4O3S/c1-28-24(26-27-25(28)33-17-18-9-6-5-7-10-18)20-11-8-14-29(16-20)15-19-12-13-21(30-2)23(32-4)22(19)31-3/h5-7,9-10,12-13,20H,8,11,14-17H2,1-4H3. The molecule has 2 heterocycles. The van der Waals surface area contributed by atoms with Crippen LogP contribution in [-0.2, 0) is 19.3 Å². The lowest BCUT2D eigenvalue weighted by atomic mass is 9.96. The maximum absolute atomic E-state index is 5.69. The van der Waals surface area contributed by atoms with Crippen LogP contribution in [0, 0.1) is 0 Å². The average molecular weight is 469 g/mol. The molecule has 4 rings (SSSR count). The predicted molar refractivity (Wildman–Crippen MR) is 130 cm³/mol. The molecule has 1 atom stereocenters. The van der Waals surface area contributed by atoms with E-state index in [4.69, 9.17) is 14.2 Å². The first-order valence-corrected chi connectivity index (χ1v) is 12.2. The smallest absolute Gasteiger partial charge is 0.203 e. The van der Waals surface area contributed by atoms with Crippen LogP contribution in [0.4, 0.5) is 0 Å². The summed E-state index contributed by atoms with van der Waals surface area (Å²) >= 11 is 1.73. The SMILES string of the molecule is COc1ccc(CN2CCCC(c3nnc(SCc4ccccc4)n3C)C2)c(OC)c1OC. The van der Waals surface area contributed by atoms with Gasteiger partial charge < -0.3 is 18.8 Å². The highest BCUT2D eigenvalue weighted by Crippen LogP contribution is 2.40. The zero-order chi connectivity index (χ0) is 23.2. The van der Waals surface area contributed by atoms with Gasteiger partial charge in [-0.25, -0.2) is 0 Å². The van der Waals surface area contributed by atoms with Crippen LogP contribution in [0.15, 0.2) is 47.6 Å². The van der Waals surface area contributed by atoms with Crippen molar-refractivity contribution in [3.05, 3.63) is 59.4 Å². The minimum atomic E-state index is 0.355. The van der Waals surface area contributed by atoms with E-state index >= 15 is 0 Å². The van der Waals surface area contributed by atoms with Gasteiger partial charge in [-0.1, -0.05) is 48.2 Å². The third kappa shape index (κ3) is 5.28. The van der Waals surface area contributed by atoms with E-state index in [9.17, 15) is 0 Å². The van der Waals surface area contributed by atoms with Gasteiger partial charge in [0.15, 0.2) is 16.7 Å². The molecule has 0 aliphatic carbocycles. The van der Waals surface area contributed by atoms with Gasteiger partial charge in [0, 0.05) is 37.4 Å². The van der Waals surface area contributed by atoms with Crippen molar-refractivity contribution < 1.29 is 14.2 Å². The molecule has 0 spiro atoms. The van der Waals surface area contributed by atoms with Crippen molar-refractivity contribution in [1.29, 1.82) is 0 Å². The van der Waals surface area contributed by atoms with Gasteiger partial charge >= 0.3 is 0 Å². The van der Waals surface area contributed by atoms with E-state index in [1.807, 2.05) is 12.1 Å². The largest absolute Gasteiger partial charge is 0.493 e. The molecule has 3 aromatic rings. The second-order valence-corrected chi connectivity index (χ2v) is 9.18. The lowest BCUT2D eigenvalue weighted by molar-refractivity contribution is 0.192. The topological polar surface area (TPSA) is 61.6 Å². The molecule has 2 aromatic carbocycles. The number of ether oxygens (including phenoxy) is 3. The number of hydrogen-bond donors (Lipinski definition) is 0. The van der Waals surface area contributed by atoms with Crippen molar-refractivity contribution in [2.75, 3.05) is 34.4 Å². The maximum atomic E-state index is 5.69. The summed E-state index contributed by atoms with van der Waals surface area (Å²) in [4.78, 5) is 2.46. The molecule has 8 heteroatoms. The molecule has 1 aromatic heterocycles. The second kappa shape index (κ2) is 10.9. The van der Waals surface area contributed by atoms with Crippen molar-refractivity contribution in [3.8, 4) is 17.2 Å². The van der Waals surface area contributed by atoms with Gasteiger partial charge in [0.2, 0.25) is 5.75 Å². The molecular formula is C25H32N4O3S. The van der Waals surface area contributed by atoms with Crippen LogP contribution in [-0.4, -0.2) is 54.1 Å². The quantitative estimate of drug-likeness (QED) is 0.428. The number of methoxy groups -OCH3 is 3. The fourth-order valence-electron chi connectivity index (χ4n) is 4.47. The normalized spacial score (nSPS) is 16.5. The van der Waals surface area contributed by atoms with E-state index in [1.165, 1.54) is 5.56 Å². The van der Waals surface area contributed by atoms with E-state index in [-0.39, 0.29) is 0 Å².